The molecule has 0 unspecified atom stereocenters. The summed E-state index contributed by atoms with van der Waals surface area (Å²) in [5.41, 5.74) is 0.558. The lowest BCUT2D eigenvalue weighted by Gasteiger charge is -2.07. The molecule has 2 aromatic rings. The first-order chi connectivity index (χ1) is 9.11. The van der Waals surface area contributed by atoms with Gasteiger partial charge in [0.2, 0.25) is 5.76 Å². The Morgan fingerprint density at radius 3 is 2.89 bits per heavy atom. The average molecular weight is 329 g/mol. The molecule has 6 heteroatoms. The molecule has 0 radical (unpaired) electrons. The average Bonchev–Trinajstić information content (AvgIpc) is 2.85. The highest BCUT2D eigenvalue weighted by Crippen LogP contribution is 2.26. The highest BCUT2D eigenvalue weighted by atomic mass is 79.9. The summed E-state index contributed by atoms with van der Waals surface area (Å²) in [4.78, 5) is 11.4. The number of furan rings is 1. The van der Waals surface area contributed by atoms with Gasteiger partial charge in [-0.2, -0.15) is 0 Å². The van der Waals surface area contributed by atoms with Crippen LogP contribution in [0.4, 0.5) is 4.39 Å². The number of methoxy groups -OCH3 is 1. The Bertz CT molecular complexity index is 594. The number of esters is 1. The van der Waals surface area contributed by atoms with E-state index in [1.807, 2.05) is 0 Å². The van der Waals surface area contributed by atoms with E-state index in [0.29, 0.717) is 15.8 Å². The minimum absolute atomic E-state index is 0.0979. The van der Waals surface area contributed by atoms with Crippen LogP contribution in [0.1, 0.15) is 16.1 Å². The standard InChI is InChI=1S/C13H10BrFO4/c1-17-13(16)12-8(4-5-18-12)7-19-11-3-2-9(15)6-10(11)14/h2-6H,7H2,1H3. The number of ether oxygens (including phenoxy) is 2. The summed E-state index contributed by atoms with van der Waals surface area (Å²) >= 11 is 3.19. The van der Waals surface area contributed by atoms with Crippen LogP contribution >= 0.6 is 15.9 Å². The fourth-order valence-corrected chi connectivity index (χ4v) is 1.93. The van der Waals surface area contributed by atoms with Gasteiger partial charge in [-0.1, -0.05) is 0 Å². The van der Waals surface area contributed by atoms with Crippen LogP contribution in [0.2, 0.25) is 0 Å². The predicted octanol–water partition coefficient (Wildman–Crippen LogP) is 3.55. The zero-order valence-electron chi connectivity index (χ0n) is 9.98. The summed E-state index contributed by atoms with van der Waals surface area (Å²) in [6.45, 7) is 0.116. The van der Waals surface area contributed by atoms with Crippen molar-refractivity contribution in [3.05, 3.63) is 52.1 Å². The first kappa shape index (κ1) is 13.6. The van der Waals surface area contributed by atoms with Gasteiger partial charge in [0.05, 0.1) is 17.8 Å². The first-order valence-corrected chi connectivity index (χ1v) is 6.13. The number of rotatable bonds is 4. The second-order valence-electron chi connectivity index (χ2n) is 3.63. The van der Waals surface area contributed by atoms with Crippen LogP contribution in [0.25, 0.3) is 0 Å². The van der Waals surface area contributed by atoms with Crippen LogP contribution in [0.5, 0.6) is 5.75 Å². The lowest BCUT2D eigenvalue weighted by molar-refractivity contribution is 0.0561. The van der Waals surface area contributed by atoms with Crippen molar-refractivity contribution in [1.29, 1.82) is 0 Å². The Balaban J connectivity index is 2.10. The fraction of sp³-hybridized carbons (Fsp3) is 0.154. The van der Waals surface area contributed by atoms with Gasteiger partial charge in [0, 0.05) is 5.56 Å². The van der Waals surface area contributed by atoms with E-state index in [2.05, 4.69) is 20.7 Å². The predicted molar refractivity (Wildman–Crippen MR) is 68.5 cm³/mol. The van der Waals surface area contributed by atoms with E-state index < -0.39 is 5.97 Å². The van der Waals surface area contributed by atoms with Gasteiger partial charge in [-0.15, -0.1) is 0 Å². The summed E-state index contributed by atoms with van der Waals surface area (Å²) in [6, 6.07) is 5.70. The third kappa shape index (κ3) is 3.14. The second kappa shape index (κ2) is 5.88. The summed E-state index contributed by atoms with van der Waals surface area (Å²) in [5, 5.41) is 0. The van der Waals surface area contributed by atoms with E-state index in [1.54, 1.807) is 6.07 Å². The first-order valence-electron chi connectivity index (χ1n) is 5.34. The van der Waals surface area contributed by atoms with Gasteiger partial charge in [0.25, 0.3) is 0 Å². The minimum Gasteiger partial charge on any atom is -0.488 e. The number of carbonyl (C=O) groups is 1. The lowest BCUT2D eigenvalue weighted by atomic mass is 10.2. The van der Waals surface area contributed by atoms with E-state index in [1.165, 1.54) is 31.6 Å². The molecule has 0 N–H and O–H groups in total. The molecule has 0 saturated heterocycles. The van der Waals surface area contributed by atoms with E-state index >= 15 is 0 Å². The molecule has 2 rings (SSSR count). The number of hydrogen-bond donors (Lipinski definition) is 0. The molecule has 0 fully saturated rings. The minimum atomic E-state index is -0.568. The third-order valence-electron chi connectivity index (χ3n) is 2.39. The molecular weight excluding hydrogens is 319 g/mol. The molecule has 0 aliphatic rings. The summed E-state index contributed by atoms with van der Waals surface area (Å²) in [6.07, 6.45) is 1.38. The van der Waals surface area contributed by atoms with Crippen LogP contribution in [0.15, 0.2) is 39.4 Å². The van der Waals surface area contributed by atoms with Crippen LogP contribution < -0.4 is 4.74 Å². The molecule has 1 heterocycles. The van der Waals surface area contributed by atoms with Crippen molar-refractivity contribution in [2.45, 2.75) is 6.61 Å². The molecule has 0 aliphatic carbocycles. The van der Waals surface area contributed by atoms with Gasteiger partial charge >= 0.3 is 5.97 Å². The Hall–Kier alpha value is -1.82. The topological polar surface area (TPSA) is 48.7 Å². The molecule has 19 heavy (non-hydrogen) atoms. The molecule has 0 spiro atoms. The van der Waals surface area contributed by atoms with Crippen LogP contribution in [0, 0.1) is 5.82 Å². The van der Waals surface area contributed by atoms with E-state index in [9.17, 15) is 9.18 Å². The molecule has 0 aliphatic heterocycles. The highest BCUT2D eigenvalue weighted by Gasteiger charge is 2.16. The van der Waals surface area contributed by atoms with Crippen LogP contribution in [-0.4, -0.2) is 13.1 Å². The monoisotopic (exact) mass is 328 g/mol. The van der Waals surface area contributed by atoms with Crippen molar-refractivity contribution in [2.24, 2.45) is 0 Å². The molecule has 0 atom stereocenters. The van der Waals surface area contributed by atoms with Gasteiger partial charge in [-0.25, -0.2) is 9.18 Å². The summed E-state index contributed by atoms with van der Waals surface area (Å²) in [7, 11) is 1.27. The van der Waals surface area contributed by atoms with E-state index in [-0.39, 0.29) is 18.2 Å². The number of carbonyl (C=O) groups excluding carboxylic acids is 1. The van der Waals surface area contributed by atoms with Crippen molar-refractivity contribution in [1.82, 2.24) is 0 Å². The van der Waals surface area contributed by atoms with Crippen molar-refractivity contribution in [2.75, 3.05) is 7.11 Å². The molecule has 0 bridgehead atoms. The number of benzene rings is 1. The zero-order chi connectivity index (χ0) is 13.8. The van der Waals surface area contributed by atoms with Gasteiger partial charge in [0.1, 0.15) is 18.2 Å². The SMILES string of the molecule is COC(=O)c1occc1COc1ccc(F)cc1Br. The molecule has 4 nitrogen and oxygen atoms in total. The van der Waals surface area contributed by atoms with Gasteiger partial charge < -0.3 is 13.9 Å². The molecule has 100 valence electrons. The Kier molecular flexibility index (Phi) is 4.21. The molecule has 0 amide bonds. The van der Waals surface area contributed by atoms with Crippen LogP contribution in [-0.2, 0) is 11.3 Å². The lowest BCUT2D eigenvalue weighted by Crippen LogP contribution is -2.05. The molecule has 1 aromatic carbocycles. The largest absolute Gasteiger partial charge is 0.488 e. The molecular formula is C13H10BrFO4. The summed E-state index contributed by atoms with van der Waals surface area (Å²) < 4.78 is 28.5. The van der Waals surface area contributed by atoms with Gasteiger partial charge in [0.15, 0.2) is 0 Å². The van der Waals surface area contributed by atoms with Crippen molar-refractivity contribution in [3.8, 4) is 5.75 Å². The smallest absolute Gasteiger partial charge is 0.374 e. The van der Waals surface area contributed by atoms with Crippen molar-refractivity contribution >= 4 is 21.9 Å². The maximum absolute atomic E-state index is 12.9. The van der Waals surface area contributed by atoms with Crippen LogP contribution in [0.3, 0.4) is 0 Å². The summed E-state index contributed by atoms with van der Waals surface area (Å²) in [5.74, 6) is -0.362. The van der Waals surface area contributed by atoms with Gasteiger partial charge in [-0.05, 0) is 40.2 Å². The van der Waals surface area contributed by atoms with E-state index in [0.717, 1.165) is 0 Å². The number of halogens is 2. The number of hydrogen-bond acceptors (Lipinski definition) is 4. The van der Waals surface area contributed by atoms with Gasteiger partial charge in [-0.3, -0.25) is 0 Å². The normalized spacial score (nSPS) is 10.3. The highest BCUT2D eigenvalue weighted by molar-refractivity contribution is 9.10. The molecule has 1 aromatic heterocycles. The maximum Gasteiger partial charge on any atom is 0.374 e. The molecule has 0 saturated carbocycles. The Morgan fingerprint density at radius 1 is 1.42 bits per heavy atom. The van der Waals surface area contributed by atoms with Crippen molar-refractivity contribution in [3.63, 3.8) is 0 Å². The Morgan fingerprint density at radius 2 is 2.21 bits per heavy atom. The van der Waals surface area contributed by atoms with E-state index in [4.69, 9.17) is 9.15 Å². The second-order valence-corrected chi connectivity index (χ2v) is 4.48. The third-order valence-corrected chi connectivity index (χ3v) is 3.01. The zero-order valence-corrected chi connectivity index (χ0v) is 11.6. The van der Waals surface area contributed by atoms with Crippen molar-refractivity contribution < 1.29 is 23.1 Å². The quantitative estimate of drug-likeness (QED) is 0.805. The maximum atomic E-state index is 12.9. The Labute approximate surface area is 117 Å². The fourth-order valence-electron chi connectivity index (χ4n) is 1.47.